The molecule has 0 aromatic carbocycles. The zero-order valence-electron chi connectivity index (χ0n) is 9.61. The molecule has 0 radical (unpaired) electrons. The Balaban J connectivity index is 2.28. The maximum absolute atomic E-state index is 9.43. The first-order valence-corrected chi connectivity index (χ1v) is 5.78. The summed E-state index contributed by atoms with van der Waals surface area (Å²) in [6.07, 6.45) is 4.91. The monoisotopic (exact) mass is 222 g/mol. The average Bonchev–Trinajstić information content (AvgIpc) is 2.53. The number of aromatic nitrogens is 2. The Bertz CT molecular complexity index is 418. The Morgan fingerprint density at radius 3 is 2.44 bits per heavy atom. The third-order valence-corrected chi connectivity index (χ3v) is 3.02. The molecule has 5 heteroatoms. The van der Waals surface area contributed by atoms with Crippen molar-refractivity contribution in [3.05, 3.63) is 17.4 Å². The summed E-state index contributed by atoms with van der Waals surface area (Å²) in [7, 11) is 0. The molecule has 0 bridgehead atoms. The summed E-state index contributed by atoms with van der Waals surface area (Å²) in [6, 6.07) is 1.84. The van der Waals surface area contributed by atoms with Crippen LogP contribution < -0.4 is 10.5 Å². The molecule has 0 saturated carbocycles. The average molecular weight is 222 g/mol. The van der Waals surface area contributed by atoms with E-state index in [9.17, 15) is 5.21 Å². The van der Waals surface area contributed by atoms with Crippen LogP contribution in [0.4, 0.5) is 5.82 Å². The van der Waals surface area contributed by atoms with E-state index >= 15 is 0 Å². The molecule has 1 aromatic rings. The van der Waals surface area contributed by atoms with Crippen LogP contribution in [0.3, 0.4) is 0 Å². The van der Waals surface area contributed by atoms with Gasteiger partial charge >= 0.3 is 0 Å². The van der Waals surface area contributed by atoms with Crippen molar-refractivity contribution in [2.45, 2.75) is 32.6 Å². The Kier molecular flexibility index (Phi) is 3.12. The minimum absolute atomic E-state index is 0.0979. The minimum Gasteiger partial charge on any atom is -0.425 e. The van der Waals surface area contributed by atoms with Crippen LogP contribution in [0.1, 0.15) is 31.4 Å². The lowest BCUT2D eigenvalue weighted by atomic mass is 10.2. The lowest BCUT2D eigenvalue weighted by molar-refractivity contribution is 0.158. The van der Waals surface area contributed by atoms with Crippen LogP contribution in [0.5, 0.6) is 0 Å². The van der Waals surface area contributed by atoms with E-state index in [1.807, 2.05) is 6.07 Å². The fourth-order valence-corrected chi connectivity index (χ4v) is 2.06. The molecule has 0 amide bonds. The highest BCUT2D eigenvalue weighted by Crippen LogP contribution is 2.16. The molecule has 1 aliphatic rings. The van der Waals surface area contributed by atoms with Crippen LogP contribution in [0.2, 0.25) is 0 Å². The van der Waals surface area contributed by atoms with Gasteiger partial charge in [-0.1, -0.05) is 12.8 Å². The number of anilines is 1. The van der Waals surface area contributed by atoms with E-state index in [1.54, 1.807) is 6.92 Å². The fraction of sp³-hybridized carbons (Fsp3) is 0.636. The van der Waals surface area contributed by atoms with Crippen LogP contribution in [-0.2, 0) is 0 Å². The number of rotatable bonds is 1. The Hall–Kier alpha value is -1.52. The van der Waals surface area contributed by atoms with E-state index < -0.39 is 0 Å². The van der Waals surface area contributed by atoms with E-state index in [-0.39, 0.29) is 5.62 Å². The van der Waals surface area contributed by atoms with Crippen molar-refractivity contribution in [2.75, 3.05) is 18.0 Å². The van der Waals surface area contributed by atoms with Crippen LogP contribution in [-0.4, -0.2) is 28.0 Å². The zero-order valence-corrected chi connectivity index (χ0v) is 9.61. The van der Waals surface area contributed by atoms with Crippen LogP contribution in [0.25, 0.3) is 0 Å². The number of aryl methyl sites for hydroxylation is 1. The largest absolute Gasteiger partial charge is 0.425 e. The van der Waals surface area contributed by atoms with E-state index in [2.05, 4.69) is 9.88 Å². The molecule has 1 fully saturated rings. The van der Waals surface area contributed by atoms with Gasteiger partial charge in [-0.25, -0.2) is 0 Å². The highest BCUT2D eigenvalue weighted by molar-refractivity contribution is 5.38. The number of nitrogens with one attached hydrogen (secondary N) is 1. The highest BCUT2D eigenvalue weighted by atomic mass is 16.5. The van der Waals surface area contributed by atoms with Gasteiger partial charge in [0, 0.05) is 19.2 Å². The maximum Gasteiger partial charge on any atom is 0.257 e. The van der Waals surface area contributed by atoms with Gasteiger partial charge in [0.05, 0.1) is 5.69 Å². The molecule has 2 rings (SSSR count). The van der Waals surface area contributed by atoms with Gasteiger partial charge in [-0.3, -0.25) is 5.41 Å². The van der Waals surface area contributed by atoms with Gasteiger partial charge in [-0.2, -0.15) is 9.71 Å². The quantitative estimate of drug-likeness (QED) is 0.704. The molecular formula is C11H18N4O. The van der Waals surface area contributed by atoms with Gasteiger partial charge in [0.1, 0.15) is 5.82 Å². The molecule has 1 aromatic heterocycles. The smallest absolute Gasteiger partial charge is 0.257 e. The van der Waals surface area contributed by atoms with E-state index in [0.717, 1.165) is 23.6 Å². The second kappa shape index (κ2) is 4.55. The van der Waals surface area contributed by atoms with Gasteiger partial charge < -0.3 is 10.1 Å². The van der Waals surface area contributed by atoms with E-state index in [4.69, 9.17) is 5.41 Å². The summed E-state index contributed by atoms with van der Waals surface area (Å²) in [6.45, 7) is 3.78. The molecule has 16 heavy (non-hydrogen) atoms. The highest BCUT2D eigenvalue weighted by Gasteiger charge is 2.12. The third-order valence-electron chi connectivity index (χ3n) is 3.02. The van der Waals surface area contributed by atoms with Crippen molar-refractivity contribution in [3.63, 3.8) is 0 Å². The van der Waals surface area contributed by atoms with Crippen LogP contribution in [0, 0.1) is 12.3 Å². The molecule has 0 aliphatic carbocycles. The van der Waals surface area contributed by atoms with Gasteiger partial charge in [-0.15, -0.1) is 0 Å². The minimum atomic E-state index is -0.0979. The Morgan fingerprint density at radius 2 is 1.88 bits per heavy atom. The topological polar surface area (TPSA) is 65.1 Å². The van der Waals surface area contributed by atoms with Gasteiger partial charge in [0.15, 0.2) is 0 Å². The summed E-state index contributed by atoms with van der Waals surface area (Å²) in [5.41, 5.74) is 0.554. The van der Waals surface area contributed by atoms with Gasteiger partial charge in [0.25, 0.3) is 5.62 Å². The zero-order chi connectivity index (χ0) is 11.5. The molecule has 0 unspecified atom stereocenters. The Labute approximate surface area is 94.8 Å². The summed E-state index contributed by atoms with van der Waals surface area (Å²) in [5, 5.41) is 17.0. The number of nitrogens with zero attached hydrogens (tertiary/aromatic N) is 3. The van der Waals surface area contributed by atoms with Gasteiger partial charge in [0.2, 0.25) is 0 Å². The van der Waals surface area contributed by atoms with E-state index in [1.165, 1.54) is 25.7 Å². The summed E-state index contributed by atoms with van der Waals surface area (Å²) < 4.78 is 0.807. The molecule has 5 nitrogen and oxygen atoms in total. The number of hydrogen-bond donors (Lipinski definition) is 2. The molecule has 2 N–H and O–H groups in total. The second-order valence-corrected chi connectivity index (χ2v) is 4.29. The number of hydrogen-bond acceptors (Lipinski definition) is 4. The van der Waals surface area contributed by atoms with Crippen molar-refractivity contribution in [3.8, 4) is 0 Å². The SMILES string of the molecule is Cc1cc(N2CCCCCC2)nc(=N)n1O. The van der Waals surface area contributed by atoms with Crippen LogP contribution >= 0.6 is 0 Å². The van der Waals surface area contributed by atoms with Crippen molar-refractivity contribution in [1.29, 1.82) is 5.41 Å². The normalized spacial score (nSPS) is 17.2. The van der Waals surface area contributed by atoms with Gasteiger partial charge in [-0.05, 0) is 19.8 Å². The molecule has 0 atom stereocenters. The molecule has 1 saturated heterocycles. The molecule has 1 aliphatic heterocycles. The lowest BCUT2D eigenvalue weighted by Crippen LogP contribution is -2.30. The molecule has 2 heterocycles. The maximum atomic E-state index is 9.43. The predicted molar refractivity (Wildman–Crippen MR) is 60.7 cm³/mol. The van der Waals surface area contributed by atoms with Crippen molar-refractivity contribution in [2.24, 2.45) is 0 Å². The van der Waals surface area contributed by atoms with Crippen LogP contribution in [0.15, 0.2) is 6.07 Å². The summed E-state index contributed by atoms with van der Waals surface area (Å²) >= 11 is 0. The summed E-state index contributed by atoms with van der Waals surface area (Å²) in [5.74, 6) is 0.815. The van der Waals surface area contributed by atoms with Crippen molar-refractivity contribution >= 4 is 5.82 Å². The molecule has 88 valence electrons. The first-order valence-electron chi connectivity index (χ1n) is 5.78. The van der Waals surface area contributed by atoms with Crippen molar-refractivity contribution in [1.82, 2.24) is 9.71 Å². The van der Waals surface area contributed by atoms with E-state index in [0.29, 0.717) is 5.69 Å². The predicted octanol–water partition coefficient (Wildman–Crippen LogP) is 1.29. The third kappa shape index (κ3) is 2.18. The fourth-order valence-electron chi connectivity index (χ4n) is 2.06. The first kappa shape index (κ1) is 11.0. The molecule has 0 spiro atoms. The second-order valence-electron chi connectivity index (χ2n) is 4.29. The Morgan fingerprint density at radius 1 is 1.25 bits per heavy atom. The standard InChI is InChI=1S/C11H18N4O/c1-9-8-10(13-11(12)15(9)16)14-6-4-2-3-5-7-14/h8,12,16H,2-7H2,1H3. The van der Waals surface area contributed by atoms with Crippen molar-refractivity contribution < 1.29 is 5.21 Å². The molecular weight excluding hydrogens is 204 g/mol. The first-order chi connectivity index (χ1) is 7.68. The summed E-state index contributed by atoms with van der Waals surface area (Å²) in [4.78, 5) is 6.31. The lowest BCUT2D eigenvalue weighted by Gasteiger charge is -2.21.